The number of nitrogens with zero attached hydrogens (tertiary/aromatic N) is 5. The summed E-state index contributed by atoms with van der Waals surface area (Å²) in [4.78, 5) is 142. The van der Waals surface area contributed by atoms with E-state index in [1.807, 2.05) is 37.5 Å². The number of ether oxygens (including phenoxy) is 9. The Morgan fingerprint density at radius 1 is 0.510 bits per heavy atom. The quantitative estimate of drug-likeness (QED) is 0.0239. The largest absolute Gasteiger partial charge is 0.469 e. The van der Waals surface area contributed by atoms with Crippen molar-refractivity contribution in [2.24, 2.45) is 0 Å². The first-order valence-electron chi connectivity index (χ1n) is 32.3. The Balaban J connectivity index is 0.000000205. The molecule has 0 bridgehead atoms. The van der Waals surface area contributed by atoms with Gasteiger partial charge in [-0.1, -0.05) is 0 Å². The van der Waals surface area contributed by atoms with Gasteiger partial charge in [-0.25, -0.2) is 28.5 Å². The zero-order chi connectivity index (χ0) is 81.1. The van der Waals surface area contributed by atoms with Crippen LogP contribution in [0.15, 0.2) is 90.7 Å². The molecule has 0 spiro atoms. The average molecular weight is 1880 g/mol. The molecule has 2 radical (unpaired) electrons. The average Bonchev–Trinajstić information content (AvgIpc) is 1.60. The van der Waals surface area contributed by atoms with E-state index in [0.29, 0.717) is 3.70 Å². The van der Waals surface area contributed by atoms with Gasteiger partial charge < -0.3 is 93.3 Å². The monoisotopic (exact) mass is 1880 g/mol. The third-order valence-corrected chi connectivity index (χ3v) is 17.8. The standard InChI is InChI=1S/C12H15IN2O5.C12H16N2O5.C9H12IN2O9P.C9H11IN2O6.C9H12N2O6.2CH4BOS/c1-5-8-9(20-12(2,3)19-8)10(18-5)15-6(13)4-7(16)14-11(15)17;1-6-8-9(19-12(2,3)18-8)10(17-6)14-5-4-7(15)13-11(14)16;10-4-1-5(13)11-9(16)12(4)8-7(15)6(14)3(21-8)2-20-22(17,18)19;10-4-1-5(14)11-9(17)12(4)8-7(16)6(15)3(2-13)18-8;12-3-4-6(14)7(15)8(17-4)11-2-1-5(13)10-9(11)16;2*1-4(2)3/h4-5,8-10H,1-3H3,(H,14,16,17);4-6,8-10H,1-3H3,(H,13,15,16);1,3,6-8,14-15H,2H2,(H,11,13,16)(H2,17,18,19);1,3,6-8,13,15-16H,2H2,(H,11,14,17);1-2,4,6-8,12,14-15H,3H2,(H,10,13,16);2*2H,1H3/t5-,8+,9?,10-;6-,8+,9?,10-;2*3-,6+,7?,8-;4-,6+,7?,8-;;/m11111../s1/i2*1T;;;;2*2D. The van der Waals surface area contributed by atoms with Crippen LogP contribution in [0.5, 0.6) is 0 Å². The van der Waals surface area contributed by atoms with E-state index in [0.717, 1.165) is 52.3 Å². The van der Waals surface area contributed by atoms with E-state index >= 15 is 0 Å². The van der Waals surface area contributed by atoms with Gasteiger partial charge in [0.15, 0.2) is 42.7 Å². The lowest BCUT2D eigenvalue weighted by atomic mass is 10.1. The Labute approximate surface area is 636 Å². The zero-order valence-corrected chi connectivity index (χ0v) is 63.8. The molecule has 7 saturated heterocycles. The highest BCUT2D eigenvalue weighted by molar-refractivity contribution is 14.1. The predicted molar refractivity (Wildman–Crippen MR) is 384 cm³/mol. The highest BCUT2D eigenvalue weighted by atomic mass is 127. The van der Waals surface area contributed by atoms with Gasteiger partial charge in [0.25, 0.3) is 27.8 Å². The van der Waals surface area contributed by atoms with Crippen LogP contribution >= 0.6 is 75.6 Å². The lowest BCUT2D eigenvalue weighted by Crippen LogP contribution is -2.39. The molecule has 0 amide bonds. The third kappa shape index (κ3) is 22.8. The highest BCUT2D eigenvalue weighted by Gasteiger charge is 2.56. The molecule has 12 heterocycles. The number of rotatable bonds is 12. The topological polar surface area (TPSA) is 620 Å². The molecule has 7 aliphatic heterocycles. The summed E-state index contributed by atoms with van der Waals surface area (Å²) in [7, 11) is -5.06. The molecular formula is C53H74B2I3N10O33PS2. The van der Waals surface area contributed by atoms with Crippen molar-refractivity contribution in [1.29, 1.82) is 2.67 Å². The number of hydrogen-bond donors (Lipinski definition) is 15. The number of aromatic nitrogens is 10. The zero-order valence-electron chi connectivity index (χ0n) is 58.8. The molecule has 5 aromatic rings. The molecule has 7 unspecified atom stereocenters. The van der Waals surface area contributed by atoms with Crippen LogP contribution < -0.4 is 56.2 Å². The molecule has 0 aliphatic carbocycles. The van der Waals surface area contributed by atoms with Gasteiger partial charge in [-0.2, -0.15) is 0 Å². The summed E-state index contributed by atoms with van der Waals surface area (Å²) >= 11 is 5.32. The van der Waals surface area contributed by atoms with E-state index in [-0.39, 0.29) is 21.2 Å². The van der Waals surface area contributed by atoms with Gasteiger partial charge >= 0.3 is 36.3 Å². The molecule has 43 nitrogen and oxygen atoms in total. The number of phosphoric ester groups is 1. The van der Waals surface area contributed by atoms with E-state index < -0.39 is 239 Å². The maximum Gasteiger partial charge on any atom is 0.469 e. The number of aliphatic hydroxyl groups excluding tert-OH is 8. The Morgan fingerprint density at radius 2 is 0.817 bits per heavy atom. The Hall–Kier alpha value is -4.55. The van der Waals surface area contributed by atoms with Crippen LogP contribution in [0.25, 0.3) is 0 Å². The molecule has 104 heavy (non-hydrogen) atoms. The molecule has 7 fully saturated rings. The van der Waals surface area contributed by atoms with Crippen LogP contribution in [0.2, 0.25) is 0 Å². The molecule has 5 aromatic heterocycles. The van der Waals surface area contributed by atoms with E-state index in [1.165, 1.54) is 40.0 Å². The number of hydrogen-bond acceptors (Lipinski definition) is 31. The number of aromatic amines is 5. The molecule has 12 rings (SSSR count). The van der Waals surface area contributed by atoms with E-state index in [9.17, 15) is 91.6 Å². The van der Waals surface area contributed by atoms with Crippen LogP contribution in [0.3, 0.4) is 0 Å². The number of halogens is 3. The summed E-state index contributed by atoms with van der Waals surface area (Å²) in [6, 6.07) is 5.90. The molecule has 22 atom stereocenters. The Morgan fingerprint density at radius 3 is 1.15 bits per heavy atom. The van der Waals surface area contributed by atoms with E-state index in [1.54, 1.807) is 72.9 Å². The Bertz CT molecular complexity index is 4620. The van der Waals surface area contributed by atoms with Crippen molar-refractivity contribution in [3.05, 3.63) is 158 Å². The van der Waals surface area contributed by atoms with Gasteiger partial charge in [0.05, 0.1) is 43.1 Å². The van der Waals surface area contributed by atoms with E-state index in [2.05, 4.69) is 14.5 Å². The molecule has 0 aromatic carbocycles. The SMILES string of the molecule is O=c1cc(I)n([C@@H]2O[C@H](CO)[C@H](O)C2O)c(=O)[nH]1.O=c1cc(I)n([C@@H]2O[C@H](COP(=O)(O)O)[C@H](O)C2O)c(=O)[nH]1.O=c1ccn([C@@H]2O[C@H](CO)[C@H](O)C2O)c(=O)[nH]1.[2H][B]S(C)=O.[2H][B]S(C)=O.[3H]C[C@H]1O[C@@H](n2c(I)cc(=O)[nH]c2=O)C2OC(C)(C)O[C@H]21.[3H]C[C@H]1O[C@@H](n2ccc(=O)[nH]c2=O)C2OC(C)(C)O[C@H]21. The van der Waals surface area contributed by atoms with Crippen molar-refractivity contribution >= 4 is 111 Å². The fraction of sp³-hybridized carbons (Fsp3) is 0.623. The smallest absolute Gasteiger partial charge is 0.394 e. The summed E-state index contributed by atoms with van der Waals surface area (Å²) < 4.78 is 118. The van der Waals surface area contributed by atoms with Gasteiger partial charge in [0, 0.05) is 58.0 Å². The van der Waals surface area contributed by atoms with Gasteiger partial charge in [0.2, 0.25) is 14.2 Å². The van der Waals surface area contributed by atoms with Crippen molar-refractivity contribution < 1.29 is 114 Å². The maximum absolute atomic E-state index is 12.1. The van der Waals surface area contributed by atoms with Crippen molar-refractivity contribution in [3.63, 3.8) is 0 Å². The minimum absolute atomic E-state index is 0.00574. The highest BCUT2D eigenvalue weighted by Crippen LogP contribution is 2.44. The van der Waals surface area contributed by atoms with Crippen molar-refractivity contribution in [3.8, 4) is 0 Å². The molecular weight excluding hydrogens is 1800 g/mol. The normalized spacial score (nSPS) is 32.0. The molecule has 0 saturated carbocycles. The second-order valence-electron chi connectivity index (χ2n) is 23.5. The second-order valence-corrected chi connectivity index (χ2v) is 30.0. The van der Waals surface area contributed by atoms with E-state index in [4.69, 9.17) is 68.0 Å². The third-order valence-electron chi connectivity index (χ3n) is 14.8. The van der Waals surface area contributed by atoms with Crippen LogP contribution in [0, 0.1) is 11.1 Å². The van der Waals surface area contributed by atoms with Gasteiger partial charge in [-0.05, 0) is 133 Å². The summed E-state index contributed by atoms with van der Waals surface area (Å²) in [5.41, 5.74) is -6.20. The first-order chi connectivity index (χ1) is 50.4. The summed E-state index contributed by atoms with van der Waals surface area (Å²) in [6.45, 7) is 5.48. The van der Waals surface area contributed by atoms with Crippen LogP contribution in [-0.2, 0) is 73.0 Å². The van der Waals surface area contributed by atoms with Crippen LogP contribution in [-0.4, -0.2) is 259 Å². The van der Waals surface area contributed by atoms with Gasteiger partial charge in [0.1, 0.15) is 79.4 Å². The summed E-state index contributed by atoms with van der Waals surface area (Å²) in [5, 5.41) is 76.2. The minimum atomic E-state index is -4.77. The number of H-pyrrole nitrogens is 5. The maximum atomic E-state index is 12.1. The molecule has 578 valence electrons. The minimum Gasteiger partial charge on any atom is -0.394 e. The summed E-state index contributed by atoms with van der Waals surface area (Å²) in [6.07, 6.45) is -13.9. The Kier molecular flexibility index (Phi) is 29.3. The lowest BCUT2D eigenvalue weighted by molar-refractivity contribution is -0.195. The molecule has 51 heteroatoms. The lowest BCUT2D eigenvalue weighted by Gasteiger charge is -2.24. The number of nitrogens with one attached hydrogen (secondary N) is 5. The molecule has 15 N–H and O–H groups in total. The number of aliphatic hydroxyl groups is 8. The predicted octanol–water partition coefficient (Wildman–Crippen LogP) is -8.32. The number of fused-ring (bicyclic) bond motifs is 2. The van der Waals surface area contributed by atoms with Gasteiger partial charge in [-0.3, -0.25) is 84.7 Å². The van der Waals surface area contributed by atoms with Crippen molar-refractivity contribution in [2.75, 3.05) is 32.3 Å². The molecule has 7 aliphatic rings. The summed E-state index contributed by atoms with van der Waals surface area (Å²) in [5.74, 6) is -1.57. The first kappa shape index (κ1) is 82.0. The van der Waals surface area contributed by atoms with Gasteiger partial charge in [-0.15, -0.1) is 0 Å². The van der Waals surface area contributed by atoms with Crippen LogP contribution in [0.1, 0.15) is 75.4 Å². The van der Waals surface area contributed by atoms with Crippen molar-refractivity contribution in [2.45, 2.75) is 176 Å². The number of phosphoric acid groups is 1. The fourth-order valence-electron chi connectivity index (χ4n) is 10.6. The van der Waals surface area contributed by atoms with Crippen LogP contribution in [0.4, 0.5) is 0 Å². The first-order valence-corrected chi connectivity index (χ1v) is 37.7. The second kappa shape index (κ2) is 37.2. The fourth-order valence-corrected chi connectivity index (χ4v) is 13.3. The van der Waals surface area contributed by atoms with Crippen molar-refractivity contribution in [1.82, 2.24) is 47.8 Å².